The molecular weight excluding hydrogens is 447 g/mol. The fourth-order valence-electron chi connectivity index (χ4n) is 5.60. The predicted molar refractivity (Wildman–Crippen MR) is 132 cm³/mol. The number of benzene rings is 2. The smallest absolute Gasteiger partial charge is 0.319 e. The zero-order chi connectivity index (χ0) is 23.9. The molecular formula is C27H27FN4O3. The number of aromatic hydroxyl groups is 1. The Hall–Kier alpha value is -3.52. The number of ether oxygens (including phenoxy) is 2. The third kappa shape index (κ3) is 4.01. The Morgan fingerprint density at radius 3 is 2.66 bits per heavy atom. The first-order valence-electron chi connectivity index (χ1n) is 12.1. The molecule has 8 heteroatoms. The summed E-state index contributed by atoms with van der Waals surface area (Å²) in [5.74, 6) is 1.42. The Kier molecular flexibility index (Phi) is 5.60. The lowest BCUT2D eigenvalue weighted by Gasteiger charge is -2.33. The number of methoxy groups -OCH3 is 1. The third-order valence-corrected chi connectivity index (χ3v) is 7.17. The summed E-state index contributed by atoms with van der Waals surface area (Å²) in [7, 11) is 1.59. The van der Waals surface area contributed by atoms with Crippen LogP contribution in [-0.4, -0.2) is 53.5 Å². The van der Waals surface area contributed by atoms with Gasteiger partial charge in [-0.1, -0.05) is 24.3 Å². The number of piperidine rings is 1. The number of pyridine rings is 1. The molecule has 2 unspecified atom stereocenters. The van der Waals surface area contributed by atoms with Gasteiger partial charge in [-0.05, 0) is 54.0 Å². The maximum absolute atomic E-state index is 16.2. The van der Waals surface area contributed by atoms with E-state index in [1.807, 2.05) is 24.3 Å². The lowest BCUT2D eigenvalue weighted by molar-refractivity contribution is 0.141. The van der Waals surface area contributed by atoms with E-state index in [0.29, 0.717) is 35.2 Å². The second-order valence-electron chi connectivity index (χ2n) is 9.52. The van der Waals surface area contributed by atoms with Crippen LogP contribution in [0.4, 0.5) is 10.2 Å². The van der Waals surface area contributed by atoms with Gasteiger partial charge in [0.25, 0.3) is 0 Å². The van der Waals surface area contributed by atoms with Crippen molar-refractivity contribution >= 4 is 27.5 Å². The number of rotatable bonds is 6. The minimum Gasteiger partial charge on any atom is -0.508 e. The number of phenolic OH excluding ortho intramolecular Hbond substituents is 1. The third-order valence-electron chi connectivity index (χ3n) is 7.17. The van der Waals surface area contributed by atoms with E-state index in [0.717, 1.165) is 23.9 Å². The van der Waals surface area contributed by atoms with E-state index in [-0.39, 0.29) is 29.6 Å². The molecule has 1 saturated heterocycles. The van der Waals surface area contributed by atoms with Crippen molar-refractivity contribution in [3.8, 4) is 23.0 Å². The van der Waals surface area contributed by atoms with E-state index < -0.39 is 5.82 Å². The summed E-state index contributed by atoms with van der Waals surface area (Å²) in [5.41, 5.74) is 0.812. The van der Waals surface area contributed by atoms with Crippen molar-refractivity contribution in [3.05, 3.63) is 48.4 Å². The van der Waals surface area contributed by atoms with Crippen molar-refractivity contribution < 1.29 is 19.0 Å². The number of hydrogen-bond acceptors (Lipinski definition) is 7. The Morgan fingerprint density at radius 2 is 1.86 bits per heavy atom. The van der Waals surface area contributed by atoms with Crippen LogP contribution in [0.2, 0.25) is 0 Å². The predicted octanol–water partition coefficient (Wildman–Crippen LogP) is 4.95. The van der Waals surface area contributed by atoms with Gasteiger partial charge in [0.2, 0.25) is 0 Å². The van der Waals surface area contributed by atoms with Gasteiger partial charge in [-0.3, -0.25) is 4.98 Å². The van der Waals surface area contributed by atoms with Crippen molar-refractivity contribution in [2.75, 3.05) is 38.3 Å². The quantitative estimate of drug-likeness (QED) is 0.396. The van der Waals surface area contributed by atoms with Gasteiger partial charge in [0.05, 0.1) is 12.0 Å². The van der Waals surface area contributed by atoms with Crippen molar-refractivity contribution in [2.24, 2.45) is 11.8 Å². The van der Waals surface area contributed by atoms with E-state index >= 15 is 4.39 Å². The van der Waals surface area contributed by atoms with Gasteiger partial charge in [-0.2, -0.15) is 9.97 Å². The fraction of sp³-hybridized carbons (Fsp3) is 0.370. The average molecular weight is 475 g/mol. The highest BCUT2D eigenvalue weighted by atomic mass is 19.1. The topological polar surface area (TPSA) is 80.6 Å². The SMILES string of the molecule is COCCOc1nc(N2CC3CCC(C3)C2)c2cnc(-c3cc(O)cc4ccccc34)c(F)c2n1. The van der Waals surface area contributed by atoms with E-state index in [2.05, 4.69) is 14.9 Å². The molecule has 0 spiro atoms. The first-order chi connectivity index (χ1) is 17.1. The van der Waals surface area contributed by atoms with Crippen LogP contribution < -0.4 is 9.64 Å². The average Bonchev–Trinajstić information content (AvgIpc) is 3.21. The molecule has 2 aromatic heterocycles. The van der Waals surface area contributed by atoms with Crippen molar-refractivity contribution in [1.82, 2.24) is 15.0 Å². The van der Waals surface area contributed by atoms with Gasteiger partial charge in [-0.15, -0.1) is 0 Å². The minimum atomic E-state index is -0.557. The van der Waals surface area contributed by atoms with Gasteiger partial charge >= 0.3 is 6.01 Å². The minimum absolute atomic E-state index is 0.0516. The summed E-state index contributed by atoms with van der Waals surface area (Å²) < 4.78 is 27.0. The molecule has 0 amide bonds. The highest BCUT2D eigenvalue weighted by Gasteiger charge is 2.34. The Morgan fingerprint density at radius 1 is 1.06 bits per heavy atom. The summed E-state index contributed by atoms with van der Waals surface area (Å²) in [6, 6.07) is 10.9. The zero-order valence-electron chi connectivity index (χ0n) is 19.6. The highest BCUT2D eigenvalue weighted by molar-refractivity contribution is 5.99. The van der Waals surface area contributed by atoms with E-state index in [9.17, 15) is 5.11 Å². The lowest BCUT2D eigenvalue weighted by Crippen LogP contribution is -2.37. The second kappa shape index (κ2) is 8.92. The highest BCUT2D eigenvalue weighted by Crippen LogP contribution is 2.41. The van der Waals surface area contributed by atoms with E-state index in [4.69, 9.17) is 14.5 Å². The molecule has 2 aromatic carbocycles. The molecule has 6 rings (SSSR count). The summed E-state index contributed by atoms with van der Waals surface area (Å²) >= 11 is 0. The molecule has 3 heterocycles. The summed E-state index contributed by atoms with van der Waals surface area (Å²) in [6.07, 6.45) is 5.35. The largest absolute Gasteiger partial charge is 0.508 e. The molecule has 35 heavy (non-hydrogen) atoms. The maximum atomic E-state index is 16.2. The fourth-order valence-corrected chi connectivity index (χ4v) is 5.60. The Balaban J connectivity index is 1.52. The molecule has 1 saturated carbocycles. The van der Waals surface area contributed by atoms with Gasteiger partial charge in [0.15, 0.2) is 5.82 Å². The van der Waals surface area contributed by atoms with Gasteiger partial charge in [0, 0.05) is 32.0 Å². The standard InChI is InChI=1S/C27H27FN4O3/c1-34-8-9-35-27-30-25-22(26(31-27)32-14-16-6-7-17(10-16)15-32)13-29-24(23(25)28)21-12-19(33)11-18-4-2-3-5-20(18)21/h2-5,11-13,16-17,33H,6-10,14-15H2,1H3. The molecule has 4 aromatic rings. The van der Waals surface area contributed by atoms with Crippen molar-refractivity contribution in [1.29, 1.82) is 0 Å². The molecule has 7 nitrogen and oxygen atoms in total. The lowest BCUT2D eigenvalue weighted by atomic mass is 9.98. The van der Waals surface area contributed by atoms with Gasteiger partial charge in [0.1, 0.15) is 29.4 Å². The van der Waals surface area contributed by atoms with E-state index in [1.165, 1.54) is 19.3 Å². The molecule has 2 bridgehead atoms. The summed E-state index contributed by atoms with van der Waals surface area (Å²) in [6.45, 7) is 2.43. The van der Waals surface area contributed by atoms with Crippen LogP contribution in [0.1, 0.15) is 19.3 Å². The normalized spacial score (nSPS) is 19.5. The van der Waals surface area contributed by atoms with Crippen LogP contribution in [0, 0.1) is 17.7 Å². The van der Waals surface area contributed by atoms with Crippen LogP contribution in [0.15, 0.2) is 42.6 Å². The maximum Gasteiger partial charge on any atom is 0.319 e. The molecule has 0 radical (unpaired) electrons. The Bertz CT molecular complexity index is 1400. The number of fused-ring (bicyclic) bond motifs is 4. The zero-order valence-corrected chi connectivity index (χ0v) is 19.6. The summed E-state index contributed by atoms with van der Waals surface area (Å²) in [5, 5.41) is 12.5. The Labute approximate surface area is 202 Å². The number of anilines is 1. The summed E-state index contributed by atoms with van der Waals surface area (Å²) in [4.78, 5) is 15.9. The van der Waals surface area contributed by atoms with Gasteiger partial charge < -0.3 is 19.5 Å². The number of phenols is 1. The monoisotopic (exact) mass is 474 g/mol. The van der Waals surface area contributed by atoms with Crippen molar-refractivity contribution in [3.63, 3.8) is 0 Å². The van der Waals surface area contributed by atoms with Crippen LogP contribution in [0.25, 0.3) is 32.9 Å². The number of halogens is 1. The first-order valence-corrected chi connectivity index (χ1v) is 12.1. The molecule has 180 valence electrons. The first kappa shape index (κ1) is 22.0. The number of hydrogen-bond donors (Lipinski definition) is 1. The van der Waals surface area contributed by atoms with Gasteiger partial charge in [-0.25, -0.2) is 4.39 Å². The van der Waals surface area contributed by atoms with Crippen LogP contribution >= 0.6 is 0 Å². The molecule has 1 aliphatic heterocycles. The molecule has 1 aliphatic carbocycles. The van der Waals surface area contributed by atoms with Crippen LogP contribution in [-0.2, 0) is 4.74 Å². The van der Waals surface area contributed by atoms with Crippen LogP contribution in [0.3, 0.4) is 0 Å². The number of aromatic nitrogens is 3. The number of nitrogens with zero attached hydrogens (tertiary/aromatic N) is 4. The molecule has 2 fully saturated rings. The molecule has 2 atom stereocenters. The van der Waals surface area contributed by atoms with Crippen molar-refractivity contribution in [2.45, 2.75) is 19.3 Å². The molecule has 1 N–H and O–H groups in total. The van der Waals surface area contributed by atoms with Crippen LogP contribution in [0.5, 0.6) is 11.8 Å². The van der Waals surface area contributed by atoms with E-state index in [1.54, 1.807) is 25.4 Å². The molecule has 2 aliphatic rings. The second-order valence-corrected chi connectivity index (χ2v) is 9.52.